The van der Waals surface area contributed by atoms with Gasteiger partial charge in [-0.3, -0.25) is 4.79 Å². The van der Waals surface area contributed by atoms with E-state index in [1.165, 1.54) is 44.9 Å². The molecule has 1 aromatic rings. The molecule has 130 valence electrons. The molecule has 0 spiro atoms. The Morgan fingerprint density at radius 2 is 1.65 bits per heavy atom. The summed E-state index contributed by atoms with van der Waals surface area (Å²) >= 11 is 6.79. The summed E-state index contributed by atoms with van der Waals surface area (Å²) in [6, 6.07) is 3.57. The Hall–Kier alpha value is -0.350. The molecule has 1 atom stereocenters. The van der Waals surface area contributed by atoms with E-state index in [4.69, 9.17) is 0 Å². The number of hydrogen-bond acceptors (Lipinski definition) is 2. The first kappa shape index (κ1) is 20.7. The maximum atomic E-state index is 12.5. The van der Waals surface area contributed by atoms with Crippen molar-refractivity contribution >= 4 is 37.6 Å². The van der Waals surface area contributed by atoms with Crippen LogP contribution in [-0.4, -0.2) is 15.7 Å². The van der Waals surface area contributed by atoms with E-state index in [9.17, 15) is 9.90 Å². The third kappa shape index (κ3) is 7.38. The first-order valence-corrected chi connectivity index (χ1v) is 10.4. The molecule has 0 heterocycles. The quantitative estimate of drug-likeness (QED) is 0.226. The Balaban J connectivity index is 2.35. The lowest BCUT2D eigenvalue weighted by Crippen LogP contribution is -2.14. The second-order valence-corrected chi connectivity index (χ2v) is 8.20. The number of Topliss-reactive ketones (excluding diaryl/α,β-unsaturated/α-hetero) is 1. The number of aryl methyl sites for hydroxylation is 1. The molecule has 23 heavy (non-hydrogen) atoms. The summed E-state index contributed by atoms with van der Waals surface area (Å²) in [7, 11) is 0. The van der Waals surface area contributed by atoms with Crippen LogP contribution in [0.3, 0.4) is 0 Å². The third-order valence-corrected chi connectivity index (χ3v) is 5.55. The largest absolute Gasteiger partial charge is 0.506 e. The highest BCUT2D eigenvalue weighted by Gasteiger charge is 2.21. The smallest absolute Gasteiger partial charge is 0.180 e. The van der Waals surface area contributed by atoms with Gasteiger partial charge >= 0.3 is 0 Å². The summed E-state index contributed by atoms with van der Waals surface area (Å²) < 4.78 is 0.577. The Morgan fingerprint density at radius 3 is 2.26 bits per heavy atom. The molecule has 0 aliphatic rings. The summed E-state index contributed by atoms with van der Waals surface area (Å²) in [6.45, 7) is 4.15. The summed E-state index contributed by atoms with van der Waals surface area (Å²) in [5.74, 6) is 0.0100. The highest BCUT2D eigenvalue weighted by Crippen LogP contribution is 2.31. The summed E-state index contributed by atoms with van der Waals surface area (Å²) in [4.78, 5) is 12.3. The van der Waals surface area contributed by atoms with Crippen LogP contribution in [0.5, 0.6) is 5.75 Å². The predicted molar refractivity (Wildman–Crippen MR) is 105 cm³/mol. The monoisotopic (exact) mass is 446 g/mol. The second-order valence-electron chi connectivity index (χ2n) is 6.24. The molecular formula is C19H28Br2O2. The fourth-order valence-electron chi connectivity index (χ4n) is 2.68. The normalized spacial score (nSPS) is 12.3. The van der Waals surface area contributed by atoms with Crippen LogP contribution in [0.1, 0.15) is 80.6 Å². The number of carbonyl (C=O) groups is 1. The standard InChI is InChI=1S/C19H28Br2O2/c1-3-4-5-6-7-8-9-10-11-16(20)18(22)15-12-14(2)13-17(21)19(15)23/h12-13,16,23H,3-11H2,1-2H3/t16-/m0/s1. The van der Waals surface area contributed by atoms with Crippen LogP contribution in [0, 0.1) is 6.92 Å². The molecular weight excluding hydrogens is 420 g/mol. The maximum absolute atomic E-state index is 12.5. The fourth-order valence-corrected chi connectivity index (χ4v) is 3.82. The van der Waals surface area contributed by atoms with E-state index in [0.29, 0.717) is 10.0 Å². The Labute approximate surface area is 157 Å². The lowest BCUT2D eigenvalue weighted by molar-refractivity contribution is 0.0985. The number of benzene rings is 1. The molecule has 0 aliphatic heterocycles. The topological polar surface area (TPSA) is 37.3 Å². The molecule has 0 unspecified atom stereocenters. The minimum Gasteiger partial charge on any atom is -0.506 e. The van der Waals surface area contributed by atoms with Gasteiger partial charge in [0.15, 0.2) is 5.78 Å². The molecule has 0 aliphatic carbocycles. The van der Waals surface area contributed by atoms with Gasteiger partial charge in [-0.05, 0) is 47.0 Å². The van der Waals surface area contributed by atoms with Gasteiger partial charge in [-0.2, -0.15) is 0 Å². The van der Waals surface area contributed by atoms with Gasteiger partial charge in [-0.1, -0.05) is 74.2 Å². The number of rotatable bonds is 11. The molecule has 0 aromatic heterocycles. The van der Waals surface area contributed by atoms with Crippen molar-refractivity contribution in [3.63, 3.8) is 0 Å². The highest BCUT2D eigenvalue weighted by atomic mass is 79.9. The van der Waals surface area contributed by atoms with E-state index in [-0.39, 0.29) is 16.4 Å². The van der Waals surface area contributed by atoms with E-state index in [2.05, 4.69) is 38.8 Å². The predicted octanol–water partition coefficient (Wildman–Crippen LogP) is 6.94. The van der Waals surface area contributed by atoms with Crippen LogP contribution in [0.4, 0.5) is 0 Å². The van der Waals surface area contributed by atoms with Crippen LogP contribution in [0.15, 0.2) is 16.6 Å². The highest BCUT2D eigenvalue weighted by molar-refractivity contribution is 9.10. The number of carbonyl (C=O) groups excluding carboxylic acids is 1. The summed E-state index contributed by atoms with van der Waals surface area (Å²) in [6.07, 6.45) is 10.9. The summed E-state index contributed by atoms with van der Waals surface area (Å²) in [5.41, 5.74) is 1.36. The van der Waals surface area contributed by atoms with Crippen LogP contribution < -0.4 is 0 Å². The minimum absolute atomic E-state index is 0.0326. The van der Waals surface area contributed by atoms with Gasteiger partial charge in [0.1, 0.15) is 5.75 Å². The SMILES string of the molecule is CCCCCCCCCC[C@H](Br)C(=O)c1cc(C)cc(Br)c1O. The van der Waals surface area contributed by atoms with E-state index in [1.54, 1.807) is 6.07 Å². The van der Waals surface area contributed by atoms with Crippen molar-refractivity contribution in [2.24, 2.45) is 0 Å². The Kier molecular flexibility index (Phi) is 10.1. The van der Waals surface area contributed by atoms with Gasteiger partial charge in [0.2, 0.25) is 0 Å². The van der Waals surface area contributed by atoms with Crippen molar-refractivity contribution in [1.82, 2.24) is 0 Å². The minimum atomic E-state index is -0.220. The molecule has 2 nitrogen and oxygen atoms in total. The zero-order valence-corrected chi connectivity index (χ0v) is 17.4. The van der Waals surface area contributed by atoms with Crippen LogP contribution in [0.2, 0.25) is 0 Å². The van der Waals surface area contributed by atoms with Crippen molar-refractivity contribution in [2.75, 3.05) is 0 Å². The molecule has 0 saturated heterocycles. The van der Waals surface area contributed by atoms with Crippen LogP contribution in [-0.2, 0) is 0 Å². The lowest BCUT2D eigenvalue weighted by atomic mass is 10.0. The molecule has 1 N–H and O–H groups in total. The third-order valence-electron chi connectivity index (χ3n) is 4.07. The first-order chi connectivity index (χ1) is 11.0. The zero-order chi connectivity index (χ0) is 17.2. The molecule has 1 rings (SSSR count). The van der Waals surface area contributed by atoms with Gasteiger partial charge in [0.05, 0.1) is 14.9 Å². The number of aromatic hydroxyl groups is 1. The molecule has 0 radical (unpaired) electrons. The summed E-state index contributed by atoms with van der Waals surface area (Å²) in [5, 5.41) is 10.1. The van der Waals surface area contributed by atoms with Crippen LogP contribution >= 0.6 is 31.9 Å². The lowest BCUT2D eigenvalue weighted by Gasteiger charge is -2.12. The molecule has 4 heteroatoms. The number of phenols is 1. The van der Waals surface area contributed by atoms with Gasteiger partial charge in [-0.15, -0.1) is 0 Å². The zero-order valence-electron chi connectivity index (χ0n) is 14.2. The van der Waals surface area contributed by atoms with Crippen molar-refractivity contribution in [1.29, 1.82) is 0 Å². The number of alkyl halides is 1. The molecule has 1 aromatic carbocycles. The van der Waals surface area contributed by atoms with Gasteiger partial charge in [0, 0.05) is 0 Å². The number of ketones is 1. The van der Waals surface area contributed by atoms with Gasteiger partial charge in [0.25, 0.3) is 0 Å². The van der Waals surface area contributed by atoms with E-state index < -0.39 is 0 Å². The first-order valence-electron chi connectivity index (χ1n) is 8.64. The molecule has 0 saturated carbocycles. The van der Waals surface area contributed by atoms with E-state index in [1.807, 2.05) is 13.0 Å². The van der Waals surface area contributed by atoms with Gasteiger partial charge in [-0.25, -0.2) is 0 Å². The van der Waals surface area contributed by atoms with Crippen LogP contribution in [0.25, 0.3) is 0 Å². The maximum Gasteiger partial charge on any atom is 0.180 e. The van der Waals surface area contributed by atoms with E-state index >= 15 is 0 Å². The number of halogens is 2. The van der Waals surface area contributed by atoms with Crippen molar-refractivity contribution in [3.05, 3.63) is 27.7 Å². The fraction of sp³-hybridized carbons (Fsp3) is 0.632. The van der Waals surface area contributed by atoms with E-state index in [0.717, 1.165) is 18.4 Å². The molecule has 0 fully saturated rings. The average Bonchev–Trinajstić information content (AvgIpc) is 2.52. The number of phenolic OH excluding ortho intramolecular Hbond substituents is 1. The van der Waals surface area contributed by atoms with Crippen molar-refractivity contribution < 1.29 is 9.90 Å². The number of hydrogen-bond donors (Lipinski definition) is 1. The Morgan fingerprint density at radius 1 is 1.09 bits per heavy atom. The molecule has 0 bridgehead atoms. The number of unbranched alkanes of at least 4 members (excludes halogenated alkanes) is 7. The van der Waals surface area contributed by atoms with Gasteiger partial charge < -0.3 is 5.11 Å². The van der Waals surface area contributed by atoms with Crippen molar-refractivity contribution in [2.45, 2.75) is 76.5 Å². The average molecular weight is 448 g/mol. The van der Waals surface area contributed by atoms with Crippen molar-refractivity contribution in [3.8, 4) is 5.75 Å². The molecule has 0 amide bonds. The second kappa shape index (κ2) is 11.2. The Bertz CT molecular complexity index is 500.